The van der Waals surface area contributed by atoms with Gasteiger partial charge in [-0.15, -0.1) is 0 Å². The van der Waals surface area contributed by atoms with Crippen LogP contribution in [0.1, 0.15) is 39.1 Å². The molecule has 1 N–H and O–H groups in total. The maximum absolute atomic E-state index is 12.6. The Kier molecular flexibility index (Phi) is 5.90. The number of carbonyl (C=O) groups is 2. The summed E-state index contributed by atoms with van der Waals surface area (Å²) in [5, 5.41) is 11.7. The molecule has 144 valence electrons. The molecule has 1 aliphatic rings. The average Bonchev–Trinajstić information content (AvgIpc) is 2.74. The lowest BCUT2D eigenvalue weighted by molar-refractivity contribution is 0.0682. The summed E-state index contributed by atoms with van der Waals surface area (Å²) in [6.45, 7) is 1.66. The van der Waals surface area contributed by atoms with Crippen LogP contribution in [0.2, 0.25) is 0 Å². The second-order valence-electron chi connectivity index (χ2n) is 6.97. The molecule has 2 amide bonds. The van der Waals surface area contributed by atoms with Crippen molar-refractivity contribution in [3.8, 4) is 6.07 Å². The number of aromatic nitrogens is 1. The molecule has 1 aliphatic heterocycles. The van der Waals surface area contributed by atoms with Gasteiger partial charge in [0.1, 0.15) is 5.56 Å². The lowest BCUT2D eigenvalue weighted by atomic mass is 9.96. The van der Waals surface area contributed by atoms with Crippen LogP contribution in [-0.4, -0.2) is 40.9 Å². The first-order valence-corrected chi connectivity index (χ1v) is 9.23. The number of hydrogen-bond donors (Lipinski definition) is 1. The molecule has 0 unspecified atom stereocenters. The number of hydrogen-bond acceptors (Lipinski definition) is 4. The summed E-state index contributed by atoms with van der Waals surface area (Å²) in [6.07, 6.45) is 3.17. The number of piperidine rings is 1. The number of nitrogens with one attached hydrogen (secondary N) is 1. The highest BCUT2D eigenvalue weighted by Crippen LogP contribution is 2.18. The van der Waals surface area contributed by atoms with Crippen LogP contribution >= 0.6 is 0 Å². The van der Waals surface area contributed by atoms with Gasteiger partial charge in [0.05, 0.1) is 11.6 Å². The number of nitriles is 1. The molecule has 1 aromatic heterocycles. The third-order valence-electron chi connectivity index (χ3n) is 5.08. The summed E-state index contributed by atoms with van der Waals surface area (Å²) in [7, 11) is 1.63. The van der Waals surface area contributed by atoms with Crippen molar-refractivity contribution < 1.29 is 9.59 Å². The number of rotatable bonds is 4. The Hall–Kier alpha value is -3.40. The van der Waals surface area contributed by atoms with Gasteiger partial charge in [-0.05, 0) is 55.2 Å². The Labute approximate surface area is 163 Å². The maximum Gasteiger partial charge on any atom is 0.263 e. The first kappa shape index (κ1) is 19.4. The molecule has 2 aromatic rings. The van der Waals surface area contributed by atoms with Gasteiger partial charge in [-0.3, -0.25) is 14.4 Å². The third kappa shape index (κ3) is 4.29. The fourth-order valence-electron chi connectivity index (χ4n) is 3.31. The fourth-order valence-corrected chi connectivity index (χ4v) is 3.31. The second kappa shape index (κ2) is 8.53. The van der Waals surface area contributed by atoms with E-state index >= 15 is 0 Å². The van der Waals surface area contributed by atoms with Crippen molar-refractivity contribution in [2.24, 2.45) is 13.0 Å². The summed E-state index contributed by atoms with van der Waals surface area (Å²) in [6, 6.07) is 11.8. The van der Waals surface area contributed by atoms with Crippen molar-refractivity contribution in [1.29, 1.82) is 5.26 Å². The van der Waals surface area contributed by atoms with Gasteiger partial charge in [-0.1, -0.05) is 0 Å². The van der Waals surface area contributed by atoms with Gasteiger partial charge >= 0.3 is 0 Å². The number of carbonyl (C=O) groups excluding carboxylic acids is 2. The van der Waals surface area contributed by atoms with Crippen LogP contribution in [0.3, 0.4) is 0 Å². The summed E-state index contributed by atoms with van der Waals surface area (Å²) in [4.78, 5) is 38.6. The molecular weight excluding hydrogens is 356 g/mol. The van der Waals surface area contributed by atoms with Crippen molar-refractivity contribution >= 4 is 11.8 Å². The van der Waals surface area contributed by atoms with E-state index in [0.717, 1.165) is 12.8 Å². The first-order chi connectivity index (χ1) is 13.5. The summed E-state index contributed by atoms with van der Waals surface area (Å²) < 4.78 is 1.40. The molecule has 2 heterocycles. The molecule has 0 atom stereocenters. The zero-order chi connectivity index (χ0) is 20.1. The molecule has 28 heavy (non-hydrogen) atoms. The van der Waals surface area contributed by atoms with Gasteiger partial charge in [-0.2, -0.15) is 5.26 Å². The van der Waals surface area contributed by atoms with E-state index in [0.29, 0.717) is 30.8 Å². The molecule has 0 aliphatic carbocycles. The minimum absolute atomic E-state index is 0.171. The Bertz CT molecular complexity index is 964. The molecule has 0 saturated carbocycles. The van der Waals surface area contributed by atoms with Crippen LogP contribution in [-0.2, 0) is 7.05 Å². The van der Waals surface area contributed by atoms with Crippen LogP contribution in [0.5, 0.6) is 0 Å². The van der Waals surface area contributed by atoms with Crippen LogP contribution in [0.25, 0.3) is 0 Å². The van der Waals surface area contributed by atoms with Gasteiger partial charge < -0.3 is 14.8 Å². The predicted molar refractivity (Wildman–Crippen MR) is 104 cm³/mol. The fraction of sp³-hybridized carbons (Fsp3) is 0.333. The van der Waals surface area contributed by atoms with E-state index in [1.54, 1.807) is 54.5 Å². The SMILES string of the molecule is Cn1cccc(C(=O)N2CCC(CNC(=O)c3ccc(C#N)cc3)CC2)c1=O. The van der Waals surface area contributed by atoms with Crippen molar-refractivity contribution in [2.45, 2.75) is 12.8 Å². The Morgan fingerprint density at radius 1 is 1.18 bits per heavy atom. The lowest BCUT2D eigenvalue weighted by Crippen LogP contribution is -2.43. The smallest absolute Gasteiger partial charge is 0.263 e. The molecule has 1 saturated heterocycles. The minimum atomic E-state index is -0.288. The normalized spacial score (nSPS) is 14.4. The Morgan fingerprint density at radius 2 is 1.86 bits per heavy atom. The highest BCUT2D eigenvalue weighted by atomic mass is 16.2. The lowest BCUT2D eigenvalue weighted by Gasteiger charge is -2.32. The van der Waals surface area contributed by atoms with E-state index in [1.807, 2.05) is 6.07 Å². The maximum atomic E-state index is 12.6. The molecule has 7 nitrogen and oxygen atoms in total. The van der Waals surface area contributed by atoms with Crippen LogP contribution in [0.15, 0.2) is 47.4 Å². The van der Waals surface area contributed by atoms with E-state index in [-0.39, 0.29) is 28.9 Å². The van der Waals surface area contributed by atoms with Crippen molar-refractivity contribution in [3.05, 3.63) is 69.6 Å². The molecule has 1 aromatic carbocycles. The first-order valence-electron chi connectivity index (χ1n) is 9.23. The molecule has 0 spiro atoms. The standard InChI is InChI=1S/C21H22N4O3/c1-24-10-2-3-18(20(24)27)21(28)25-11-8-16(9-12-25)14-23-19(26)17-6-4-15(13-22)5-7-17/h2-7,10,16H,8-9,11-12,14H2,1H3,(H,23,26). The minimum Gasteiger partial charge on any atom is -0.352 e. The monoisotopic (exact) mass is 378 g/mol. The van der Waals surface area contributed by atoms with Crippen molar-refractivity contribution in [2.75, 3.05) is 19.6 Å². The number of nitrogens with zero attached hydrogens (tertiary/aromatic N) is 3. The largest absolute Gasteiger partial charge is 0.352 e. The third-order valence-corrected chi connectivity index (χ3v) is 5.08. The van der Waals surface area contributed by atoms with Gasteiger partial charge in [0.25, 0.3) is 17.4 Å². The molecule has 0 bridgehead atoms. The van der Waals surface area contributed by atoms with E-state index in [4.69, 9.17) is 5.26 Å². The van der Waals surface area contributed by atoms with E-state index < -0.39 is 0 Å². The molecule has 0 radical (unpaired) electrons. The van der Waals surface area contributed by atoms with Gasteiger partial charge in [-0.25, -0.2) is 0 Å². The van der Waals surface area contributed by atoms with Gasteiger partial charge in [0, 0.05) is 38.4 Å². The quantitative estimate of drug-likeness (QED) is 0.873. The zero-order valence-electron chi connectivity index (χ0n) is 15.7. The number of benzene rings is 1. The highest BCUT2D eigenvalue weighted by molar-refractivity contribution is 5.94. The summed E-state index contributed by atoms with van der Waals surface area (Å²) in [5.74, 6) is -0.123. The summed E-state index contributed by atoms with van der Waals surface area (Å²) in [5.41, 5.74) is 0.940. The number of likely N-dealkylation sites (tertiary alicyclic amines) is 1. The highest BCUT2D eigenvalue weighted by Gasteiger charge is 2.25. The van der Waals surface area contributed by atoms with Crippen LogP contribution < -0.4 is 10.9 Å². The molecule has 3 rings (SSSR count). The van der Waals surface area contributed by atoms with Gasteiger partial charge in [0.2, 0.25) is 0 Å². The number of aryl methyl sites for hydroxylation is 1. The van der Waals surface area contributed by atoms with E-state index in [9.17, 15) is 14.4 Å². The topological polar surface area (TPSA) is 95.2 Å². The van der Waals surface area contributed by atoms with E-state index in [2.05, 4.69) is 5.32 Å². The number of pyridine rings is 1. The Balaban J connectivity index is 1.50. The van der Waals surface area contributed by atoms with Crippen LogP contribution in [0, 0.1) is 17.2 Å². The van der Waals surface area contributed by atoms with Gasteiger partial charge in [0.15, 0.2) is 0 Å². The predicted octanol–water partition coefficient (Wildman–Crippen LogP) is 1.54. The van der Waals surface area contributed by atoms with Crippen molar-refractivity contribution in [1.82, 2.24) is 14.8 Å². The van der Waals surface area contributed by atoms with E-state index in [1.165, 1.54) is 4.57 Å². The Morgan fingerprint density at radius 3 is 2.50 bits per heavy atom. The molecule has 7 heteroatoms. The zero-order valence-corrected chi connectivity index (χ0v) is 15.7. The van der Waals surface area contributed by atoms with Crippen LogP contribution in [0.4, 0.5) is 0 Å². The van der Waals surface area contributed by atoms with Crippen molar-refractivity contribution in [3.63, 3.8) is 0 Å². The molecular formula is C21H22N4O3. The summed E-state index contributed by atoms with van der Waals surface area (Å²) >= 11 is 0. The number of amides is 2. The second-order valence-corrected chi connectivity index (χ2v) is 6.97. The average molecular weight is 378 g/mol. The molecule has 1 fully saturated rings.